The van der Waals surface area contributed by atoms with Gasteiger partial charge in [0.2, 0.25) is 5.91 Å². The fourth-order valence-corrected chi connectivity index (χ4v) is 4.70. The number of aliphatic hydroxyl groups excluding tert-OH is 1. The number of rotatable bonds is 5. The van der Waals surface area contributed by atoms with E-state index in [1.165, 1.54) is 0 Å². The van der Waals surface area contributed by atoms with E-state index in [0.717, 1.165) is 49.8 Å². The minimum absolute atomic E-state index is 0.0270. The average Bonchev–Trinajstić information content (AvgIpc) is 3.57. The van der Waals surface area contributed by atoms with Crippen LogP contribution in [0.5, 0.6) is 0 Å². The molecule has 1 aromatic carbocycles. The van der Waals surface area contributed by atoms with Crippen LogP contribution >= 0.6 is 0 Å². The van der Waals surface area contributed by atoms with E-state index in [9.17, 15) is 18.7 Å². The molecule has 1 unspecified atom stereocenters. The molecule has 2 saturated carbocycles. The van der Waals surface area contributed by atoms with E-state index < -0.39 is 11.1 Å². The van der Waals surface area contributed by atoms with Gasteiger partial charge in [-0.05, 0) is 72.9 Å². The molecule has 1 amide bonds. The van der Waals surface area contributed by atoms with Crippen LogP contribution in [0, 0.1) is 17.3 Å². The fourth-order valence-electron chi connectivity index (χ4n) is 4.29. The third-order valence-electron chi connectivity index (χ3n) is 6.54. The van der Waals surface area contributed by atoms with E-state index >= 15 is 0 Å². The van der Waals surface area contributed by atoms with Gasteiger partial charge >= 0.3 is 0 Å². The summed E-state index contributed by atoms with van der Waals surface area (Å²) in [6.45, 7) is 1.71. The van der Waals surface area contributed by atoms with Crippen LogP contribution in [-0.2, 0) is 15.9 Å². The van der Waals surface area contributed by atoms with Gasteiger partial charge in [0.1, 0.15) is 5.82 Å². The number of carbonyl (C=O) groups is 1. The summed E-state index contributed by atoms with van der Waals surface area (Å²) in [5.41, 5.74) is 1.25. The maximum Gasteiger partial charge on any atom is 0.232 e. The Hall–Kier alpha value is -2.03. The van der Waals surface area contributed by atoms with Crippen molar-refractivity contribution in [2.75, 3.05) is 29.9 Å². The van der Waals surface area contributed by atoms with Crippen LogP contribution in [0.15, 0.2) is 29.2 Å². The monoisotopic (exact) mass is 400 g/mol. The number of anilines is 2. The van der Waals surface area contributed by atoms with Crippen LogP contribution < -0.4 is 10.2 Å². The minimum Gasteiger partial charge on any atom is -0.768 e. The number of benzene rings is 1. The predicted molar refractivity (Wildman–Crippen MR) is 105 cm³/mol. The maximum absolute atomic E-state index is 12.3. The normalized spacial score (nSPS) is 27.4. The van der Waals surface area contributed by atoms with Crippen molar-refractivity contribution in [1.82, 2.24) is 4.98 Å². The molecule has 28 heavy (non-hydrogen) atoms. The molecule has 3 fully saturated rings. The first-order valence-corrected chi connectivity index (χ1v) is 10.8. The van der Waals surface area contributed by atoms with Gasteiger partial charge in [-0.15, -0.1) is 0 Å². The average molecular weight is 400 g/mol. The van der Waals surface area contributed by atoms with Gasteiger partial charge in [0, 0.05) is 35.7 Å². The van der Waals surface area contributed by atoms with Crippen LogP contribution in [0.4, 0.5) is 11.5 Å². The molecule has 148 valence electrons. The van der Waals surface area contributed by atoms with Crippen molar-refractivity contribution in [3.63, 3.8) is 0 Å². The zero-order valence-electron chi connectivity index (χ0n) is 15.4. The summed E-state index contributed by atoms with van der Waals surface area (Å²) in [7, 11) is 0. The second-order valence-electron chi connectivity index (χ2n) is 8.27. The van der Waals surface area contributed by atoms with Crippen LogP contribution in [0.1, 0.15) is 25.7 Å². The van der Waals surface area contributed by atoms with E-state index in [0.29, 0.717) is 23.2 Å². The second kappa shape index (κ2) is 6.50. The zero-order valence-corrected chi connectivity index (χ0v) is 16.2. The zero-order chi connectivity index (χ0) is 19.5. The Morgan fingerprint density at radius 3 is 2.64 bits per heavy atom. The summed E-state index contributed by atoms with van der Waals surface area (Å²) in [6, 6.07) is 6.92. The highest BCUT2D eigenvalue weighted by atomic mass is 32.2. The van der Waals surface area contributed by atoms with Crippen molar-refractivity contribution in [2.45, 2.75) is 30.6 Å². The summed E-state index contributed by atoms with van der Waals surface area (Å²) < 4.78 is 23.3. The highest BCUT2D eigenvalue weighted by Gasteiger charge is 2.74. The van der Waals surface area contributed by atoms with E-state index in [2.05, 4.69) is 15.2 Å². The second-order valence-corrected chi connectivity index (χ2v) is 9.21. The Bertz CT molecular complexity index is 981. The molecule has 1 atom stereocenters. The van der Waals surface area contributed by atoms with Crippen molar-refractivity contribution < 1.29 is 18.7 Å². The lowest BCUT2D eigenvalue weighted by Gasteiger charge is -2.34. The van der Waals surface area contributed by atoms with Crippen molar-refractivity contribution in [3.05, 3.63) is 24.3 Å². The Balaban J connectivity index is 1.48. The molecule has 2 N–H and O–H groups in total. The summed E-state index contributed by atoms with van der Waals surface area (Å²) in [5.74, 6) is 1.34. The van der Waals surface area contributed by atoms with Crippen molar-refractivity contribution in [3.8, 4) is 0 Å². The fraction of sp³-hybridized carbons (Fsp3) is 0.500. The highest BCUT2D eigenvalue weighted by molar-refractivity contribution is 7.79. The summed E-state index contributed by atoms with van der Waals surface area (Å²) in [5, 5.41) is 13.1. The van der Waals surface area contributed by atoms with Gasteiger partial charge in [-0.2, -0.15) is 0 Å². The van der Waals surface area contributed by atoms with Crippen molar-refractivity contribution in [1.29, 1.82) is 0 Å². The van der Waals surface area contributed by atoms with Gasteiger partial charge < -0.3 is 19.9 Å². The van der Waals surface area contributed by atoms with Gasteiger partial charge in [0.25, 0.3) is 0 Å². The largest absolute Gasteiger partial charge is 0.768 e. The molecule has 0 spiro atoms. The summed E-state index contributed by atoms with van der Waals surface area (Å²) in [4.78, 5) is 19.2. The molecule has 2 heterocycles. The highest BCUT2D eigenvalue weighted by Crippen LogP contribution is 2.75. The molecule has 1 aliphatic heterocycles. The topological polar surface area (TPSA) is 106 Å². The van der Waals surface area contributed by atoms with E-state index in [1.54, 1.807) is 18.2 Å². The van der Waals surface area contributed by atoms with E-state index in [4.69, 9.17) is 0 Å². The molecule has 1 saturated heterocycles. The number of hydrogen-bond donors (Lipinski definition) is 2. The summed E-state index contributed by atoms with van der Waals surface area (Å²) in [6.07, 6.45) is 3.68. The third-order valence-corrected chi connectivity index (χ3v) is 7.16. The SMILES string of the molecule is O=C(Nc1ccc2c(N3CCC(CO)CC3)cc(S(=O)[O-])cc2n1)C12CC1C2. The number of carbonyl (C=O) groups excluding carboxylic acids is 1. The van der Waals surface area contributed by atoms with Crippen LogP contribution in [-0.4, -0.2) is 44.5 Å². The summed E-state index contributed by atoms with van der Waals surface area (Å²) >= 11 is -2.37. The first kappa shape index (κ1) is 18.0. The number of pyridine rings is 1. The molecule has 7 nitrogen and oxygen atoms in total. The van der Waals surface area contributed by atoms with E-state index in [-0.39, 0.29) is 22.8 Å². The quantitative estimate of drug-likeness (QED) is 0.744. The smallest absolute Gasteiger partial charge is 0.232 e. The Morgan fingerprint density at radius 1 is 1.32 bits per heavy atom. The molecule has 0 radical (unpaired) electrons. The predicted octanol–water partition coefficient (Wildman–Crippen LogP) is 2.03. The van der Waals surface area contributed by atoms with E-state index in [1.807, 2.05) is 6.07 Å². The van der Waals surface area contributed by atoms with Gasteiger partial charge in [-0.25, -0.2) is 4.98 Å². The molecule has 3 aliphatic rings. The number of fused-ring (bicyclic) bond motifs is 2. The van der Waals surface area contributed by atoms with Crippen molar-refractivity contribution >= 4 is 39.4 Å². The van der Waals surface area contributed by atoms with Crippen LogP contribution in [0.2, 0.25) is 0 Å². The van der Waals surface area contributed by atoms with Crippen LogP contribution in [0.25, 0.3) is 10.9 Å². The molecule has 8 heteroatoms. The van der Waals surface area contributed by atoms with Gasteiger partial charge in [0.15, 0.2) is 0 Å². The van der Waals surface area contributed by atoms with Gasteiger partial charge in [-0.1, -0.05) is 0 Å². The lowest BCUT2D eigenvalue weighted by molar-refractivity contribution is -0.119. The first-order valence-electron chi connectivity index (χ1n) is 9.71. The standard InChI is InChI=1S/C20H23N3O4S/c24-11-12-3-5-23(6-4-12)17-8-14(28(26)27)7-16-15(17)1-2-18(21-16)22-19(25)20-9-13(20)10-20/h1-2,7-8,12-13,24H,3-6,9-11H2,(H,26,27)(H,21,22,25)/p-1. The van der Waals surface area contributed by atoms with Gasteiger partial charge in [0.05, 0.1) is 10.9 Å². The molecule has 2 aromatic rings. The maximum atomic E-state index is 12.3. The number of aromatic nitrogens is 1. The Morgan fingerprint density at radius 2 is 2.04 bits per heavy atom. The molecule has 2 aliphatic carbocycles. The lowest BCUT2D eigenvalue weighted by Crippen LogP contribution is -2.34. The minimum atomic E-state index is -2.37. The Labute approximate surface area is 165 Å². The third kappa shape index (κ3) is 3.00. The van der Waals surface area contributed by atoms with Crippen LogP contribution in [0.3, 0.4) is 0 Å². The number of hydrogen-bond acceptors (Lipinski definition) is 6. The lowest BCUT2D eigenvalue weighted by atomic mass is 9.97. The number of nitrogens with one attached hydrogen (secondary N) is 1. The molecular formula is C20H22N3O4S-. The number of piperidine rings is 1. The molecule has 1 aromatic heterocycles. The Kier molecular flexibility index (Phi) is 4.19. The molecule has 5 rings (SSSR count). The number of aliphatic hydroxyl groups is 1. The van der Waals surface area contributed by atoms with Gasteiger partial charge in [-0.3, -0.25) is 9.00 Å². The number of nitrogens with zero attached hydrogens (tertiary/aromatic N) is 2. The van der Waals surface area contributed by atoms with Crippen molar-refractivity contribution in [2.24, 2.45) is 17.3 Å². The first-order chi connectivity index (χ1) is 13.5. The molecule has 0 bridgehead atoms. The molecular weight excluding hydrogens is 378 g/mol. The number of amides is 1.